The van der Waals surface area contributed by atoms with Crippen LogP contribution in [0.5, 0.6) is 0 Å². The number of alkyl halides is 3. The van der Waals surface area contributed by atoms with E-state index in [2.05, 4.69) is 5.32 Å². The summed E-state index contributed by atoms with van der Waals surface area (Å²) in [5.74, 6) is -0.811. The number of nitrogens with one attached hydrogen (secondary N) is 1. The van der Waals surface area contributed by atoms with Crippen LogP contribution in [0.25, 0.3) is 0 Å². The Morgan fingerprint density at radius 3 is 2.54 bits per heavy atom. The van der Waals surface area contributed by atoms with Crippen molar-refractivity contribution in [2.24, 2.45) is 5.92 Å². The quantitative estimate of drug-likeness (QED) is 0.898. The van der Waals surface area contributed by atoms with Crippen molar-refractivity contribution in [3.8, 4) is 0 Å². The molecule has 1 fully saturated rings. The molecule has 2 amide bonds. The normalized spacial score (nSPS) is 19.8. The van der Waals surface area contributed by atoms with Crippen molar-refractivity contribution in [3.05, 3.63) is 24.3 Å². The fourth-order valence-corrected chi connectivity index (χ4v) is 3.24. The molecule has 3 rings (SSSR count). The fourth-order valence-electron chi connectivity index (χ4n) is 3.24. The van der Waals surface area contributed by atoms with Gasteiger partial charge < -0.3 is 10.2 Å². The second-order valence-electron chi connectivity index (χ2n) is 6.16. The molecular formula is C16H18F3N3O2. The van der Waals surface area contributed by atoms with E-state index in [1.54, 1.807) is 24.3 Å². The Morgan fingerprint density at radius 1 is 1.21 bits per heavy atom. The fraction of sp³-hybridized carbons (Fsp3) is 0.500. The van der Waals surface area contributed by atoms with Crippen molar-refractivity contribution in [3.63, 3.8) is 0 Å². The summed E-state index contributed by atoms with van der Waals surface area (Å²) in [6.07, 6.45) is -3.48. The zero-order valence-corrected chi connectivity index (χ0v) is 13.0. The van der Waals surface area contributed by atoms with Gasteiger partial charge in [0.25, 0.3) is 0 Å². The molecular weight excluding hydrogens is 323 g/mol. The number of carbonyl (C=O) groups is 2. The van der Waals surface area contributed by atoms with Gasteiger partial charge in [-0.05, 0) is 38.1 Å². The van der Waals surface area contributed by atoms with Crippen molar-refractivity contribution < 1.29 is 22.8 Å². The summed E-state index contributed by atoms with van der Waals surface area (Å²) >= 11 is 0. The first-order valence-electron chi connectivity index (χ1n) is 7.83. The number of piperidine rings is 1. The number of para-hydroxylation sites is 2. The van der Waals surface area contributed by atoms with E-state index in [0.717, 1.165) is 0 Å². The highest BCUT2D eigenvalue weighted by molar-refractivity contribution is 6.10. The SMILES string of the molecule is O=C1CN(C(=O)C2CCN(CC(F)(F)F)CC2)c2ccccc2N1. The van der Waals surface area contributed by atoms with Gasteiger partial charge in [-0.25, -0.2) is 0 Å². The van der Waals surface area contributed by atoms with Crippen LogP contribution < -0.4 is 10.2 Å². The summed E-state index contributed by atoms with van der Waals surface area (Å²) < 4.78 is 37.3. The zero-order valence-electron chi connectivity index (χ0n) is 13.0. The predicted octanol–water partition coefficient (Wildman–Crippen LogP) is 2.25. The molecule has 0 aliphatic carbocycles. The van der Waals surface area contributed by atoms with Crippen LogP contribution in [0.2, 0.25) is 0 Å². The van der Waals surface area contributed by atoms with Crippen LogP contribution in [0.4, 0.5) is 24.5 Å². The molecule has 8 heteroatoms. The van der Waals surface area contributed by atoms with Gasteiger partial charge in [0.1, 0.15) is 6.54 Å². The lowest BCUT2D eigenvalue weighted by Gasteiger charge is -2.36. The lowest BCUT2D eigenvalue weighted by Crippen LogP contribution is -2.48. The van der Waals surface area contributed by atoms with Crippen LogP contribution in [0, 0.1) is 5.92 Å². The summed E-state index contributed by atoms with van der Waals surface area (Å²) in [5, 5.41) is 2.71. The van der Waals surface area contributed by atoms with E-state index < -0.39 is 12.7 Å². The van der Waals surface area contributed by atoms with Gasteiger partial charge in [-0.3, -0.25) is 14.5 Å². The summed E-state index contributed by atoms with van der Waals surface area (Å²) in [6.45, 7) is -0.531. The number of likely N-dealkylation sites (tertiary alicyclic amines) is 1. The molecule has 0 bridgehead atoms. The molecule has 130 valence electrons. The minimum absolute atomic E-state index is 0.0569. The minimum Gasteiger partial charge on any atom is -0.323 e. The second kappa shape index (κ2) is 6.43. The molecule has 2 aliphatic heterocycles. The van der Waals surface area contributed by atoms with Gasteiger partial charge in [0.2, 0.25) is 11.8 Å². The summed E-state index contributed by atoms with van der Waals surface area (Å²) in [7, 11) is 0. The molecule has 5 nitrogen and oxygen atoms in total. The Morgan fingerprint density at radius 2 is 1.88 bits per heavy atom. The third-order valence-electron chi connectivity index (χ3n) is 4.38. The van der Waals surface area contributed by atoms with Crippen LogP contribution in [-0.2, 0) is 9.59 Å². The molecule has 0 saturated carbocycles. The molecule has 2 heterocycles. The van der Waals surface area contributed by atoms with Crippen LogP contribution in [0.1, 0.15) is 12.8 Å². The third kappa shape index (κ3) is 3.69. The average molecular weight is 341 g/mol. The summed E-state index contributed by atoms with van der Waals surface area (Å²) in [4.78, 5) is 27.3. The summed E-state index contributed by atoms with van der Waals surface area (Å²) in [5.41, 5.74) is 1.22. The van der Waals surface area contributed by atoms with Crippen LogP contribution in [0.3, 0.4) is 0 Å². The molecule has 2 aliphatic rings. The molecule has 1 saturated heterocycles. The van der Waals surface area contributed by atoms with E-state index in [-0.39, 0.29) is 37.4 Å². The Labute approximate surface area is 137 Å². The van der Waals surface area contributed by atoms with Crippen molar-refractivity contribution in [2.45, 2.75) is 19.0 Å². The lowest BCUT2D eigenvalue weighted by molar-refractivity contribution is -0.149. The molecule has 0 spiro atoms. The van der Waals surface area contributed by atoms with Crippen LogP contribution in [0.15, 0.2) is 24.3 Å². The number of carbonyl (C=O) groups excluding carboxylic acids is 2. The number of hydrogen-bond acceptors (Lipinski definition) is 3. The van der Waals surface area contributed by atoms with Crippen molar-refractivity contribution in [1.82, 2.24) is 4.90 Å². The Balaban J connectivity index is 1.67. The van der Waals surface area contributed by atoms with Gasteiger partial charge in [-0.1, -0.05) is 12.1 Å². The van der Waals surface area contributed by atoms with E-state index >= 15 is 0 Å². The molecule has 24 heavy (non-hydrogen) atoms. The standard InChI is InChI=1S/C16H18F3N3O2/c17-16(18,19)10-21-7-5-11(6-8-21)15(24)22-9-14(23)20-12-3-1-2-4-13(12)22/h1-4,11H,5-10H2,(H,20,23). The topological polar surface area (TPSA) is 52.7 Å². The molecule has 1 N–H and O–H groups in total. The molecule has 0 aromatic heterocycles. The maximum atomic E-state index is 12.8. The average Bonchev–Trinajstić information content (AvgIpc) is 2.52. The first kappa shape index (κ1) is 16.8. The Kier molecular flexibility index (Phi) is 4.49. The molecule has 1 aromatic rings. The number of halogens is 3. The lowest BCUT2D eigenvalue weighted by atomic mass is 9.94. The summed E-state index contributed by atoms with van der Waals surface area (Å²) in [6, 6.07) is 7.02. The maximum Gasteiger partial charge on any atom is 0.401 e. The van der Waals surface area contributed by atoms with Gasteiger partial charge in [0.15, 0.2) is 0 Å². The number of anilines is 2. The smallest absolute Gasteiger partial charge is 0.323 e. The molecule has 0 radical (unpaired) electrons. The Hall–Kier alpha value is -2.09. The molecule has 0 atom stereocenters. The van der Waals surface area contributed by atoms with E-state index in [1.165, 1.54) is 9.80 Å². The number of fused-ring (bicyclic) bond motifs is 1. The first-order chi connectivity index (χ1) is 11.3. The van der Waals surface area contributed by atoms with Gasteiger partial charge in [-0.2, -0.15) is 13.2 Å². The van der Waals surface area contributed by atoms with Gasteiger partial charge in [0, 0.05) is 5.92 Å². The first-order valence-corrected chi connectivity index (χ1v) is 7.83. The van der Waals surface area contributed by atoms with E-state index in [1.807, 2.05) is 0 Å². The number of rotatable bonds is 2. The van der Waals surface area contributed by atoms with Crippen molar-refractivity contribution in [1.29, 1.82) is 0 Å². The number of amides is 2. The van der Waals surface area contributed by atoms with Crippen molar-refractivity contribution >= 4 is 23.2 Å². The number of benzene rings is 1. The second-order valence-corrected chi connectivity index (χ2v) is 6.16. The van der Waals surface area contributed by atoms with Crippen molar-refractivity contribution in [2.75, 3.05) is 36.4 Å². The highest BCUT2D eigenvalue weighted by atomic mass is 19.4. The number of hydrogen-bond donors (Lipinski definition) is 1. The predicted molar refractivity (Wildman–Crippen MR) is 82.6 cm³/mol. The number of nitrogens with zero attached hydrogens (tertiary/aromatic N) is 2. The maximum absolute atomic E-state index is 12.8. The Bertz CT molecular complexity index is 640. The van der Waals surface area contributed by atoms with E-state index in [4.69, 9.17) is 0 Å². The van der Waals surface area contributed by atoms with E-state index in [9.17, 15) is 22.8 Å². The highest BCUT2D eigenvalue weighted by Crippen LogP contribution is 2.32. The van der Waals surface area contributed by atoms with Gasteiger partial charge in [0.05, 0.1) is 17.9 Å². The largest absolute Gasteiger partial charge is 0.401 e. The minimum atomic E-state index is -4.22. The van der Waals surface area contributed by atoms with Crippen LogP contribution >= 0.6 is 0 Å². The van der Waals surface area contributed by atoms with Gasteiger partial charge >= 0.3 is 6.18 Å². The van der Waals surface area contributed by atoms with E-state index in [0.29, 0.717) is 24.2 Å². The molecule has 1 aromatic carbocycles. The zero-order chi connectivity index (χ0) is 17.3. The highest BCUT2D eigenvalue weighted by Gasteiger charge is 2.36. The third-order valence-corrected chi connectivity index (χ3v) is 4.38. The van der Waals surface area contributed by atoms with Gasteiger partial charge in [-0.15, -0.1) is 0 Å². The van der Waals surface area contributed by atoms with Crippen LogP contribution in [-0.4, -0.2) is 49.1 Å². The monoisotopic (exact) mass is 341 g/mol. The molecule has 0 unspecified atom stereocenters.